The van der Waals surface area contributed by atoms with Crippen LogP contribution in [0.5, 0.6) is 0 Å². The van der Waals surface area contributed by atoms with Crippen molar-refractivity contribution in [1.82, 2.24) is 14.5 Å². The molecule has 1 saturated carbocycles. The molecule has 1 aromatic heterocycles. The fraction of sp³-hybridized carbons (Fsp3) is 0.692. The number of hydrogen-bond acceptors (Lipinski definition) is 6. The molecule has 3 rings (SSSR count). The highest BCUT2D eigenvalue weighted by atomic mass is 16.6. The maximum atomic E-state index is 12.7. The maximum Gasteiger partial charge on any atom is 0.419 e. The van der Waals surface area contributed by atoms with Gasteiger partial charge in [0.1, 0.15) is 16.6 Å². The summed E-state index contributed by atoms with van der Waals surface area (Å²) in [4.78, 5) is 43.1. The Morgan fingerprint density at radius 3 is 2.29 bits per heavy atom. The molecule has 0 radical (unpaired) electrons. The van der Waals surface area contributed by atoms with Crippen molar-refractivity contribution in [2.45, 2.75) is 103 Å². The number of aromatic nitrogens is 2. The maximum absolute atomic E-state index is 12.7. The molecule has 35 heavy (non-hydrogen) atoms. The van der Waals surface area contributed by atoms with Gasteiger partial charge in [-0.2, -0.15) is 0 Å². The minimum Gasteiger partial charge on any atom is -0.481 e. The van der Waals surface area contributed by atoms with Gasteiger partial charge in [0.2, 0.25) is 0 Å². The smallest absolute Gasteiger partial charge is 0.419 e. The fourth-order valence-corrected chi connectivity index (χ4v) is 4.54. The average molecular weight is 490 g/mol. The van der Waals surface area contributed by atoms with Gasteiger partial charge in [-0.1, -0.05) is 12.2 Å². The number of carboxylic acids is 1. The van der Waals surface area contributed by atoms with Crippen LogP contribution >= 0.6 is 0 Å². The molecule has 2 aliphatic carbocycles. The van der Waals surface area contributed by atoms with E-state index in [-0.39, 0.29) is 18.5 Å². The van der Waals surface area contributed by atoms with Crippen molar-refractivity contribution in [2.24, 2.45) is 5.92 Å². The first-order valence-corrected chi connectivity index (χ1v) is 12.4. The van der Waals surface area contributed by atoms with Crippen LogP contribution in [0.1, 0.15) is 91.8 Å². The SMILES string of the molecule is CC(C)(C)OC(=O)N(CCC[C@H]1CC1(C(=O)O)c1cn(C2C=CCCC2)cn1)C(=O)OC(C)(C)C. The summed E-state index contributed by atoms with van der Waals surface area (Å²) < 4.78 is 12.8. The fourth-order valence-electron chi connectivity index (χ4n) is 4.54. The van der Waals surface area contributed by atoms with Crippen LogP contribution in [0.15, 0.2) is 24.7 Å². The molecule has 1 aromatic rings. The van der Waals surface area contributed by atoms with Crippen LogP contribution in [-0.4, -0.2) is 55.5 Å². The van der Waals surface area contributed by atoms with Gasteiger partial charge >= 0.3 is 18.2 Å². The van der Waals surface area contributed by atoms with Crippen molar-refractivity contribution in [1.29, 1.82) is 0 Å². The van der Waals surface area contributed by atoms with E-state index in [4.69, 9.17) is 9.47 Å². The van der Waals surface area contributed by atoms with E-state index in [0.717, 1.165) is 24.2 Å². The predicted molar refractivity (Wildman–Crippen MR) is 130 cm³/mol. The molecule has 0 aliphatic heterocycles. The van der Waals surface area contributed by atoms with Gasteiger partial charge in [0.05, 0.1) is 18.1 Å². The van der Waals surface area contributed by atoms with Crippen LogP contribution in [0, 0.1) is 5.92 Å². The Morgan fingerprint density at radius 2 is 1.77 bits per heavy atom. The van der Waals surface area contributed by atoms with E-state index in [1.54, 1.807) is 47.9 Å². The Kier molecular flexibility index (Phi) is 7.67. The molecule has 9 heteroatoms. The highest BCUT2D eigenvalue weighted by Gasteiger charge is 2.62. The summed E-state index contributed by atoms with van der Waals surface area (Å²) in [6.07, 6.45) is 11.0. The van der Waals surface area contributed by atoms with Crippen LogP contribution in [0.25, 0.3) is 0 Å². The Bertz CT molecular complexity index is 942. The zero-order chi connectivity index (χ0) is 26.0. The topological polar surface area (TPSA) is 111 Å². The molecule has 0 bridgehead atoms. The molecular formula is C26H39N3O6. The zero-order valence-corrected chi connectivity index (χ0v) is 21.7. The zero-order valence-electron chi connectivity index (χ0n) is 21.7. The molecule has 2 amide bonds. The standard InChI is InChI=1S/C26H39N3O6/c1-24(2,3)34-22(32)29(23(33)35-25(4,5)6)14-10-11-18-15-26(18,21(30)31)20-16-28(17-27-20)19-12-8-7-9-13-19/h8,12,16-19H,7,9-11,13-15H2,1-6H3,(H,30,31)/t18-,19?,26?/m0/s1. The van der Waals surface area contributed by atoms with Gasteiger partial charge in [0.15, 0.2) is 0 Å². The molecule has 0 aromatic carbocycles. The lowest BCUT2D eigenvalue weighted by Gasteiger charge is -2.28. The second-order valence-electron chi connectivity index (χ2n) is 11.6. The predicted octanol–water partition coefficient (Wildman–Crippen LogP) is 5.46. The Morgan fingerprint density at radius 1 is 1.14 bits per heavy atom. The van der Waals surface area contributed by atoms with Crippen molar-refractivity contribution in [2.75, 3.05) is 6.54 Å². The lowest BCUT2D eigenvalue weighted by molar-refractivity contribution is -0.140. The summed E-state index contributed by atoms with van der Waals surface area (Å²) >= 11 is 0. The van der Waals surface area contributed by atoms with Gasteiger partial charge in [0.25, 0.3) is 0 Å². The number of allylic oxidation sites excluding steroid dienone is 2. The average Bonchev–Trinajstić information content (AvgIpc) is 3.25. The quantitative estimate of drug-likeness (QED) is 0.506. The molecular weight excluding hydrogens is 450 g/mol. The largest absolute Gasteiger partial charge is 0.481 e. The van der Waals surface area contributed by atoms with E-state index in [2.05, 4.69) is 17.1 Å². The summed E-state index contributed by atoms with van der Waals surface area (Å²) in [7, 11) is 0. The molecule has 1 heterocycles. The second kappa shape index (κ2) is 10.0. The number of nitrogens with zero attached hydrogens (tertiary/aromatic N) is 3. The van der Waals surface area contributed by atoms with Crippen molar-refractivity contribution in [3.63, 3.8) is 0 Å². The highest BCUT2D eigenvalue weighted by molar-refractivity contribution is 5.88. The summed E-state index contributed by atoms with van der Waals surface area (Å²) in [5, 5.41) is 10.1. The molecule has 2 unspecified atom stereocenters. The normalized spacial score (nSPS) is 24.1. The minimum atomic E-state index is -1.02. The first kappa shape index (κ1) is 26.8. The van der Waals surface area contributed by atoms with Gasteiger partial charge in [-0.05, 0) is 86.0 Å². The van der Waals surface area contributed by atoms with Gasteiger partial charge in [-0.25, -0.2) is 19.5 Å². The number of imidazole rings is 1. The minimum absolute atomic E-state index is 0.0807. The van der Waals surface area contributed by atoms with E-state index in [1.807, 2.05) is 10.8 Å². The molecule has 9 nitrogen and oxygen atoms in total. The van der Waals surface area contributed by atoms with Gasteiger partial charge < -0.3 is 19.1 Å². The van der Waals surface area contributed by atoms with Crippen molar-refractivity contribution >= 4 is 18.2 Å². The Labute approximate surface area is 207 Å². The van der Waals surface area contributed by atoms with Gasteiger partial charge in [0, 0.05) is 12.7 Å². The number of amides is 2. The first-order valence-electron chi connectivity index (χ1n) is 12.4. The van der Waals surface area contributed by atoms with E-state index >= 15 is 0 Å². The van der Waals surface area contributed by atoms with E-state index < -0.39 is 34.8 Å². The summed E-state index contributed by atoms with van der Waals surface area (Å²) in [5.74, 6) is -1.01. The highest BCUT2D eigenvalue weighted by Crippen LogP contribution is 2.56. The third kappa shape index (κ3) is 6.64. The number of carbonyl (C=O) groups excluding carboxylic acids is 2. The third-order valence-electron chi connectivity index (χ3n) is 6.32. The van der Waals surface area contributed by atoms with Gasteiger partial charge in [-0.3, -0.25) is 4.79 Å². The number of carboxylic acid groups (broad SMARTS) is 1. The van der Waals surface area contributed by atoms with E-state index in [0.29, 0.717) is 25.0 Å². The Balaban J connectivity index is 1.65. The number of imide groups is 1. The van der Waals surface area contributed by atoms with Crippen molar-refractivity contribution in [3.05, 3.63) is 30.4 Å². The lowest BCUT2D eigenvalue weighted by Crippen LogP contribution is -2.44. The first-order chi connectivity index (χ1) is 16.2. The van der Waals surface area contributed by atoms with Crippen LogP contribution in [-0.2, 0) is 19.7 Å². The molecule has 3 atom stereocenters. The number of hydrogen-bond donors (Lipinski definition) is 1. The Hall–Kier alpha value is -2.84. The lowest BCUT2D eigenvalue weighted by atomic mass is 9.97. The van der Waals surface area contributed by atoms with Crippen LogP contribution < -0.4 is 0 Å². The van der Waals surface area contributed by atoms with Gasteiger partial charge in [-0.15, -0.1) is 0 Å². The number of aliphatic carboxylic acids is 1. The van der Waals surface area contributed by atoms with Crippen LogP contribution in [0.3, 0.4) is 0 Å². The van der Waals surface area contributed by atoms with Crippen LogP contribution in [0.4, 0.5) is 9.59 Å². The molecule has 1 fully saturated rings. The van der Waals surface area contributed by atoms with Crippen LogP contribution in [0.2, 0.25) is 0 Å². The molecule has 1 N–H and O–H groups in total. The molecule has 0 spiro atoms. The van der Waals surface area contributed by atoms with Crippen molar-refractivity contribution in [3.8, 4) is 0 Å². The number of ether oxygens (including phenoxy) is 2. The number of carbonyl (C=O) groups is 3. The van der Waals surface area contributed by atoms with E-state index in [1.165, 1.54) is 0 Å². The van der Waals surface area contributed by atoms with Crippen molar-refractivity contribution < 1.29 is 29.0 Å². The summed E-state index contributed by atoms with van der Waals surface area (Å²) in [5.41, 5.74) is -1.98. The molecule has 194 valence electrons. The summed E-state index contributed by atoms with van der Waals surface area (Å²) in [6.45, 7) is 10.4. The monoisotopic (exact) mass is 489 g/mol. The second-order valence-corrected chi connectivity index (χ2v) is 11.6. The molecule has 2 aliphatic rings. The molecule has 0 saturated heterocycles. The summed E-state index contributed by atoms with van der Waals surface area (Å²) in [6, 6.07) is 0.212. The number of rotatable bonds is 7. The van der Waals surface area contributed by atoms with E-state index in [9.17, 15) is 19.5 Å². The third-order valence-corrected chi connectivity index (χ3v) is 6.32.